The number of urea groups is 1. The summed E-state index contributed by atoms with van der Waals surface area (Å²) >= 11 is 0. The van der Waals surface area contributed by atoms with Gasteiger partial charge < -0.3 is 15.4 Å². The molecule has 1 aromatic carbocycles. The van der Waals surface area contributed by atoms with Gasteiger partial charge in [-0.05, 0) is 18.4 Å². The van der Waals surface area contributed by atoms with Crippen LogP contribution in [-0.2, 0) is 15.1 Å². The minimum Gasteiger partial charge on any atom is -0.493 e. The molecule has 134 valence electrons. The van der Waals surface area contributed by atoms with Crippen molar-refractivity contribution in [3.05, 3.63) is 29.8 Å². The van der Waals surface area contributed by atoms with Gasteiger partial charge in [-0.25, -0.2) is 4.79 Å². The summed E-state index contributed by atoms with van der Waals surface area (Å²) in [6.45, 7) is 4.72. The van der Waals surface area contributed by atoms with Crippen LogP contribution in [-0.4, -0.2) is 42.4 Å². The molecule has 4 amide bonds. The van der Waals surface area contributed by atoms with Crippen LogP contribution in [0.25, 0.3) is 0 Å². The number of benzene rings is 1. The van der Waals surface area contributed by atoms with Crippen LogP contribution in [0.2, 0.25) is 0 Å². The number of para-hydroxylation sites is 1. The van der Waals surface area contributed by atoms with Gasteiger partial charge in [-0.3, -0.25) is 14.5 Å². The van der Waals surface area contributed by atoms with Crippen molar-refractivity contribution in [3.63, 3.8) is 0 Å². The fourth-order valence-electron chi connectivity index (χ4n) is 3.22. The summed E-state index contributed by atoms with van der Waals surface area (Å²) in [6, 6.07) is 6.63. The molecule has 1 atom stereocenters. The van der Waals surface area contributed by atoms with Gasteiger partial charge in [0.25, 0.3) is 5.91 Å². The maximum atomic E-state index is 13.0. The number of fused-ring (bicyclic) bond motifs is 2. The van der Waals surface area contributed by atoms with Crippen LogP contribution in [0.3, 0.4) is 0 Å². The molecule has 0 aliphatic carbocycles. The van der Waals surface area contributed by atoms with Gasteiger partial charge in [0.2, 0.25) is 5.91 Å². The van der Waals surface area contributed by atoms with E-state index in [-0.39, 0.29) is 12.5 Å². The van der Waals surface area contributed by atoms with Crippen LogP contribution < -0.4 is 15.4 Å². The maximum absolute atomic E-state index is 13.0. The van der Waals surface area contributed by atoms with E-state index in [0.717, 1.165) is 11.3 Å². The number of hydrogen-bond donors (Lipinski definition) is 2. The van der Waals surface area contributed by atoms with E-state index in [9.17, 15) is 14.4 Å². The number of hydrogen-bond acceptors (Lipinski definition) is 4. The Kier molecular flexibility index (Phi) is 4.65. The number of nitrogens with one attached hydrogen (secondary N) is 2. The van der Waals surface area contributed by atoms with E-state index in [1.165, 1.54) is 0 Å². The smallest absolute Gasteiger partial charge is 0.325 e. The fourth-order valence-corrected chi connectivity index (χ4v) is 3.22. The predicted molar refractivity (Wildman–Crippen MR) is 90.9 cm³/mol. The van der Waals surface area contributed by atoms with E-state index in [1.807, 2.05) is 6.07 Å². The van der Waals surface area contributed by atoms with Crippen molar-refractivity contribution in [2.45, 2.75) is 32.2 Å². The Bertz CT molecular complexity index is 703. The SMILES string of the molecule is CC(C)CCNC(=O)CN1C(=O)NC2(CCOc3ccccc32)C1=O. The molecule has 3 rings (SSSR count). The molecule has 7 nitrogen and oxygen atoms in total. The van der Waals surface area contributed by atoms with Crippen LogP contribution in [0.15, 0.2) is 24.3 Å². The van der Waals surface area contributed by atoms with Crippen LogP contribution in [0, 0.1) is 5.92 Å². The lowest BCUT2D eigenvalue weighted by atomic mass is 9.84. The van der Waals surface area contributed by atoms with Crippen LogP contribution in [0.1, 0.15) is 32.3 Å². The minimum atomic E-state index is -1.13. The summed E-state index contributed by atoms with van der Waals surface area (Å²) in [5.41, 5.74) is -0.494. The molecule has 1 aromatic rings. The second-order valence-electron chi connectivity index (χ2n) is 6.85. The highest BCUT2D eigenvalue weighted by Gasteiger charge is 2.55. The van der Waals surface area contributed by atoms with Gasteiger partial charge in [-0.2, -0.15) is 0 Å². The van der Waals surface area contributed by atoms with E-state index in [0.29, 0.717) is 36.8 Å². The zero-order valence-corrected chi connectivity index (χ0v) is 14.5. The van der Waals surface area contributed by atoms with E-state index in [1.54, 1.807) is 18.2 Å². The van der Waals surface area contributed by atoms with Crippen molar-refractivity contribution in [1.82, 2.24) is 15.5 Å². The topological polar surface area (TPSA) is 87.7 Å². The van der Waals surface area contributed by atoms with Crippen molar-refractivity contribution < 1.29 is 19.1 Å². The summed E-state index contributed by atoms with van der Waals surface area (Å²) in [6.07, 6.45) is 1.20. The lowest BCUT2D eigenvalue weighted by Crippen LogP contribution is -2.48. The Labute approximate surface area is 146 Å². The highest BCUT2D eigenvalue weighted by molar-refractivity contribution is 6.09. The number of imide groups is 1. The Hall–Kier alpha value is -2.57. The van der Waals surface area contributed by atoms with Crippen LogP contribution in [0.5, 0.6) is 5.75 Å². The summed E-state index contributed by atoms with van der Waals surface area (Å²) in [5, 5.41) is 5.54. The third kappa shape index (κ3) is 3.18. The molecule has 2 aliphatic rings. The quantitative estimate of drug-likeness (QED) is 0.789. The normalized spacial score (nSPS) is 22.0. The highest BCUT2D eigenvalue weighted by atomic mass is 16.5. The molecule has 0 bridgehead atoms. The van der Waals surface area contributed by atoms with E-state index >= 15 is 0 Å². The first kappa shape index (κ1) is 17.3. The summed E-state index contributed by atoms with van der Waals surface area (Å²) in [7, 11) is 0. The number of rotatable bonds is 5. The minimum absolute atomic E-state index is 0.270. The molecule has 7 heteroatoms. The monoisotopic (exact) mass is 345 g/mol. The number of nitrogens with zero attached hydrogens (tertiary/aromatic N) is 1. The fraction of sp³-hybridized carbons (Fsp3) is 0.500. The largest absolute Gasteiger partial charge is 0.493 e. The molecule has 2 heterocycles. The molecule has 1 saturated heterocycles. The Morgan fingerprint density at radius 1 is 1.36 bits per heavy atom. The zero-order valence-electron chi connectivity index (χ0n) is 14.5. The Balaban J connectivity index is 1.74. The van der Waals surface area contributed by atoms with Crippen molar-refractivity contribution in [1.29, 1.82) is 0 Å². The first-order valence-electron chi connectivity index (χ1n) is 8.57. The van der Waals surface area contributed by atoms with Crippen molar-refractivity contribution in [3.8, 4) is 5.75 Å². The van der Waals surface area contributed by atoms with Crippen LogP contribution in [0.4, 0.5) is 4.79 Å². The third-order valence-electron chi connectivity index (χ3n) is 4.60. The standard InChI is InChI=1S/C18H23N3O4/c1-12(2)7-9-19-15(22)11-21-16(23)18(20-17(21)24)8-10-25-14-6-4-3-5-13(14)18/h3-6,12H,7-11H2,1-2H3,(H,19,22)(H,20,24). The molecule has 1 unspecified atom stereocenters. The van der Waals surface area contributed by atoms with Crippen molar-refractivity contribution in [2.24, 2.45) is 5.92 Å². The molecular formula is C18H23N3O4. The van der Waals surface area contributed by atoms with Crippen LogP contribution >= 0.6 is 0 Å². The average molecular weight is 345 g/mol. The molecule has 2 aliphatic heterocycles. The van der Waals surface area contributed by atoms with Crippen molar-refractivity contribution >= 4 is 17.8 Å². The molecule has 0 aromatic heterocycles. The molecule has 1 fully saturated rings. The van der Waals surface area contributed by atoms with Gasteiger partial charge in [0.1, 0.15) is 12.3 Å². The van der Waals surface area contributed by atoms with Gasteiger partial charge in [0.05, 0.1) is 6.61 Å². The zero-order chi connectivity index (χ0) is 18.0. The summed E-state index contributed by atoms with van der Waals surface area (Å²) < 4.78 is 5.58. The number of amides is 4. The molecular weight excluding hydrogens is 322 g/mol. The average Bonchev–Trinajstić information content (AvgIpc) is 2.80. The molecule has 25 heavy (non-hydrogen) atoms. The number of carbonyl (C=O) groups excluding carboxylic acids is 3. The second-order valence-corrected chi connectivity index (χ2v) is 6.85. The first-order chi connectivity index (χ1) is 11.9. The Morgan fingerprint density at radius 3 is 2.88 bits per heavy atom. The number of ether oxygens (including phenoxy) is 1. The second kappa shape index (κ2) is 6.74. The van der Waals surface area contributed by atoms with E-state index in [4.69, 9.17) is 4.74 Å². The maximum Gasteiger partial charge on any atom is 0.325 e. The van der Waals surface area contributed by atoms with E-state index in [2.05, 4.69) is 24.5 Å². The van der Waals surface area contributed by atoms with Gasteiger partial charge >= 0.3 is 6.03 Å². The Morgan fingerprint density at radius 2 is 2.12 bits per heavy atom. The molecule has 0 radical (unpaired) electrons. The molecule has 2 N–H and O–H groups in total. The lowest BCUT2D eigenvalue weighted by Gasteiger charge is -2.33. The lowest BCUT2D eigenvalue weighted by molar-refractivity contribution is -0.136. The highest BCUT2D eigenvalue weighted by Crippen LogP contribution is 2.40. The van der Waals surface area contributed by atoms with E-state index < -0.39 is 17.5 Å². The number of carbonyl (C=O) groups is 3. The van der Waals surface area contributed by atoms with Crippen molar-refractivity contribution in [2.75, 3.05) is 19.7 Å². The van der Waals surface area contributed by atoms with Gasteiger partial charge in [0, 0.05) is 18.5 Å². The summed E-state index contributed by atoms with van der Waals surface area (Å²) in [4.78, 5) is 38.4. The summed E-state index contributed by atoms with van der Waals surface area (Å²) in [5.74, 6) is 0.332. The molecule has 0 saturated carbocycles. The van der Waals surface area contributed by atoms with Gasteiger partial charge in [-0.15, -0.1) is 0 Å². The molecule has 1 spiro atoms. The van der Waals surface area contributed by atoms with Gasteiger partial charge in [-0.1, -0.05) is 32.0 Å². The van der Waals surface area contributed by atoms with Gasteiger partial charge in [0.15, 0.2) is 5.54 Å². The first-order valence-corrected chi connectivity index (χ1v) is 8.57. The third-order valence-corrected chi connectivity index (χ3v) is 4.60. The predicted octanol–water partition coefficient (Wildman–Crippen LogP) is 1.38.